The number of nitrogens with one attached hydrogen (secondary N) is 1. The van der Waals surface area contributed by atoms with E-state index in [0.717, 1.165) is 20.9 Å². The van der Waals surface area contributed by atoms with Gasteiger partial charge in [-0.1, -0.05) is 46.3 Å². The van der Waals surface area contributed by atoms with Crippen LogP contribution in [-0.4, -0.2) is 10.9 Å². The highest BCUT2D eigenvalue weighted by Crippen LogP contribution is 2.24. The molecule has 1 amide bonds. The maximum Gasteiger partial charge on any atom is 0.252 e. The van der Waals surface area contributed by atoms with Crippen LogP contribution in [0.3, 0.4) is 0 Å². The number of nitrogens with zero attached hydrogens (tertiary/aromatic N) is 1. The lowest BCUT2D eigenvalue weighted by molar-refractivity contribution is 0.0941. The summed E-state index contributed by atoms with van der Waals surface area (Å²) in [5.41, 5.74) is 2.52. The van der Waals surface area contributed by atoms with E-state index in [1.807, 2.05) is 61.5 Å². The molecule has 3 rings (SSSR count). The van der Waals surface area contributed by atoms with E-state index in [1.165, 1.54) is 0 Å². The van der Waals surface area contributed by atoms with E-state index in [-0.39, 0.29) is 11.9 Å². The fraction of sp³-hybridized carbons (Fsp3) is 0.111. The second-order valence-electron chi connectivity index (χ2n) is 5.09. The average molecular weight is 355 g/mol. The molecule has 4 heteroatoms. The minimum absolute atomic E-state index is 0.0880. The van der Waals surface area contributed by atoms with Crippen molar-refractivity contribution in [2.75, 3.05) is 0 Å². The molecule has 3 nitrogen and oxygen atoms in total. The highest BCUT2D eigenvalue weighted by Gasteiger charge is 2.15. The van der Waals surface area contributed by atoms with Crippen LogP contribution in [0.4, 0.5) is 0 Å². The van der Waals surface area contributed by atoms with Gasteiger partial charge in [0.1, 0.15) is 0 Å². The quantitative estimate of drug-likeness (QED) is 0.752. The van der Waals surface area contributed by atoms with Gasteiger partial charge in [0.25, 0.3) is 5.91 Å². The molecule has 0 fully saturated rings. The third-order valence-electron chi connectivity index (χ3n) is 3.61. The summed E-state index contributed by atoms with van der Waals surface area (Å²) in [5.74, 6) is -0.0955. The third-order valence-corrected chi connectivity index (χ3v) is 4.33. The fourth-order valence-electron chi connectivity index (χ4n) is 2.48. The van der Waals surface area contributed by atoms with Crippen molar-refractivity contribution in [3.05, 3.63) is 76.4 Å². The van der Waals surface area contributed by atoms with Gasteiger partial charge in [0, 0.05) is 21.6 Å². The number of benzene rings is 2. The summed E-state index contributed by atoms with van der Waals surface area (Å²) < 4.78 is 0.988. The SMILES string of the molecule is CC(NC(=O)c1cccc2ncccc12)c1ccccc1Br. The summed E-state index contributed by atoms with van der Waals surface area (Å²) in [6.07, 6.45) is 1.73. The second kappa shape index (κ2) is 6.28. The topological polar surface area (TPSA) is 42.0 Å². The number of carbonyl (C=O) groups is 1. The number of amides is 1. The summed E-state index contributed by atoms with van der Waals surface area (Å²) in [6.45, 7) is 1.97. The lowest BCUT2D eigenvalue weighted by atomic mass is 10.1. The first-order valence-corrected chi connectivity index (χ1v) is 7.85. The zero-order valence-corrected chi connectivity index (χ0v) is 13.7. The molecule has 0 aliphatic heterocycles. The molecular formula is C18H15BrN2O. The molecule has 0 bridgehead atoms. The largest absolute Gasteiger partial charge is 0.345 e. The molecule has 1 N–H and O–H groups in total. The first-order chi connectivity index (χ1) is 10.7. The van der Waals surface area contributed by atoms with Crippen LogP contribution in [-0.2, 0) is 0 Å². The molecular weight excluding hydrogens is 340 g/mol. The Morgan fingerprint density at radius 1 is 1.09 bits per heavy atom. The van der Waals surface area contributed by atoms with Gasteiger partial charge < -0.3 is 5.32 Å². The van der Waals surface area contributed by atoms with Crippen molar-refractivity contribution in [2.45, 2.75) is 13.0 Å². The van der Waals surface area contributed by atoms with Gasteiger partial charge in [-0.2, -0.15) is 0 Å². The molecule has 2 aromatic carbocycles. The Bertz CT molecular complexity index is 827. The molecule has 1 heterocycles. The van der Waals surface area contributed by atoms with Crippen molar-refractivity contribution in [1.82, 2.24) is 10.3 Å². The highest BCUT2D eigenvalue weighted by molar-refractivity contribution is 9.10. The van der Waals surface area contributed by atoms with E-state index in [2.05, 4.69) is 26.2 Å². The number of halogens is 1. The van der Waals surface area contributed by atoms with Gasteiger partial charge in [-0.3, -0.25) is 9.78 Å². The van der Waals surface area contributed by atoms with Crippen molar-refractivity contribution in [3.8, 4) is 0 Å². The number of rotatable bonds is 3. The molecule has 0 aliphatic rings. The Morgan fingerprint density at radius 3 is 2.73 bits per heavy atom. The molecule has 0 spiro atoms. The molecule has 1 unspecified atom stereocenters. The van der Waals surface area contributed by atoms with Crippen LogP contribution >= 0.6 is 15.9 Å². The van der Waals surface area contributed by atoms with Gasteiger partial charge >= 0.3 is 0 Å². The number of fused-ring (bicyclic) bond motifs is 1. The predicted molar refractivity (Wildman–Crippen MR) is 91.8 cm³/mol. The first kappa shape index (κ1) is 14.7. The van der Waals surface area contributed by atoms with Crippen molar-refractivity contribution in [3.63, 3.8) is 0 Å². The van der Waals surface area contributed by atoms with Crippen molar-refractivity contribution in [2.24, 2.45) is 0 Å². The lowest BCUT2D eigenvalue weighted by Gasteiger charge is -2.16. The first-order valence-electron chi connectivity index (χ1n) is 7.06. The predicted octanol–water partition coefficient (Wildman–Crippen LogP) is 4.49. The van der Waals surface area contributed by atoms with E-state index in [0.29, 0.717) is 5.56 Å². The standard InChI is InChI=1S/C18H15BrN2O/c1-12(13-6-2-3-9-16(13)19)21-18(22)15-7-4-10-17-14(15)8-5-11-20-17/h2-12H,1H3,(H,21,22). The van der Waals surface area contributed by atoms with E-state index in [9.17, 15) is 4.79 Å². The Labute approximate surface area is 137 Å². The summed E-state index contributed by atoms with van der Waals surface area (Å²) in [5, 5.41) is 3.91. The maximum absolute atomic E-state index is 12.6. The minimum atomic E-state index is -0.0955. The molecule has 3 aromatic rings. The zero-order valence-electron chi connectivity index (χ0n) is 12.1. The molecule has 0 radical (unpaired) electrons. The van der Waals surface area contributed by atoms with Gasteiger partial charge in [-0.25, -0.2) is 0 Å². The average Bonchev–Trinajstić information content (AvgIpc) is 2.54. The molecule has 1 aromatic heterocycles. The molecule has 22 heavy (non-hydrogen) atoms. The van der Waals surface area contributed by atoms with Crippen LogP contribution < -0.4 is 5.32 Å². The molecule has 1 atom stereocenters. The Kier molecular flexibility index (Phi) is 4.20. The monoisotopic (exact) mass is 354 g/mol. The number of pyridine rings is 1. The van der Waals surface area contributed by atoms with Crippen molar-refractivity contribution >= 4 is 32.7 Å². The second-order valence-corrected chi connectivity index (χ2v) is 5.95. The van der Waals surface area contributed by atoms with Gasteiger partial charge in [0.15, 0.2) is 0 Å². The Morgan fingerprint density at radius 2 is 1.91 bits per heavy atom. The molecule has 0 saturated heterocycles. The van der Waals surface area contributed by atoms with Crippen LogP contribution in [0.5, 0.6) is 0 Å². The van der Waals surface area contributed by atoms with E-state index in [4.69, 9.17) is 0 Å². The van der Waals surface area contributed by atoms with Gasteiger partial charge in [-0.05, 0) is 36.8 Å². The van der Waals surface area contributed by atoms with E-state index < -0.39 is 0 Å². The third kappa shape index (κ3) is 2.88. The normalized spacial score (nSPS) is 12.1. The molecule has 0 saturated carbocycles. The van der Waals surface area contributed by atoms with Crippen molar-refractivity contribution in [1.29, 1.82) is 0 Å². The van der Waals surface area contributed by atoms with E-state index >= 15 is 0 Å². The van der Waals surface area contributed by atoms with Gasteiger partial charge in [0.2, 0.25) is 0 Å². The zero-order chi connectivity index (χ0) is 15.5. The van der Waals surface area contributed by atoms with Crippen LogP contribution in [0.25, 0.3) is 10.9 Å². The summed E-state index contributed by atoms with van der Waals surface area (Å²) in [7, 11) is 0. The van der Waals surface area contributed by atoms with Crippen LogP contribution in [0.1, 0.15) is 28.9 Å². The molecule has 0 aliphatic carbocycles. The van der Waals surface area contributed by atoms with Gasteiger partial charge in [0.05, 0.1) is 11.6 Å². The fourth-order valence-corrected chi connectivity index (χ4v) is 3.11. The smallest absolute Gasteiger partial charge is 0.252 e. The summed E-state index contributed by atoms with van der Waals surface area (Å²) >= 11 is 3.52. The maximum atomic E-state index is 12.6. The molecule has 110 valence electrons. The van der Waals surface area contributed by atoms with Crippen LogP contribution in [0.2, 0.25) is 0 Å². The Balaban J connectivity index is 1.89. The van der Waals surface area contributed by atoms with Crippen LogP contribution in [0.15, 0.2) is 65.3 Å². The minimum Gasteiger partial charge on any atom is -0.345 e. The van der Waals surface area contributed by atoms with Gasteiger partial charge in [-0.15, -0.1) is 0 Å². The van der Waals surface area contributed by atoms with E-state index in [1.54, 1.807) is 6.20 Å². The Hall–Kier alpha value is -2.20. The summed E-state index contributed by atoms with van der Waals surface area (Å²) in [4.78, 5) is 16.9. The number of hydrogen-bond donors (Lipinski definition) is 1. The van der Waals surface area contributed by atoms with Crippen molar-refractivity contribution < 1.29 is 4.79 Å². The lowest BCUT2D eigenvalue weighted by Crippen LogP contribution is -2.27. The highest BCUT2D eigenvalue weighted by atomic mass is 79.9. The number of carbonyl (C=O) groups excluding carboxylic acids is 1. The number of aromatic nitrogens is 1. The number of hydrogen-bond acceptors (Lipinski definition) is 2. The van der Waals surface area contributed by atoms with Crippen LogP contribution in [0, 0.1) is 0 Å². The summed E-state index contributed by atoms with van der Waals surface area (Å²) in [6, 6.07) is 17.2.